The summed E-state index contributed by atoms with van der Waals surface area (Å²) in [7, 11) is 3.72. The lowest BCUT2D eigenvalue weighted by Gasteiger charge is -2.09. The first-order chi connectivity index (χ1) is 7.09. The molecule has 0 fully saturated rings. The van der Waals surface area contributed by atoms with Gasteiger partial charge in [0.25, 0.3) is 0 Å². The Morgan fingerprint density at radius 2 is 2.33 bits per heavy atom. The predicted octanol–water partition coefficient (Wildman–Crippen LogP) is 1.11. The summed E-state index contributed by atoms with van der Waals surface area (Å²) in [6.45, 7) is 0. The van der Waals surface area contributed by atoms with E-state index in [1.54, 1.807) is 17.2 Å². The molecule has 1 N–H and O–H groups in total. The van der Waals surface area contributed by atoms with Gasteiger partial charge >= 0.3 is 5.97 Å². The number of hydrogen-bond donors (Lipinski definition) is 1. The summed E-state index contributed by atoms with van der Waals surface area (Å²) >= 11 is 1.42. The molecule has 15 heavy (non-hydrogen) atoms. The maximum absolute atomic E-state index is 10.3. The van der Waals surface area contributed by atoms with Gasteiger partial charge in [0.05, 0.1) is 6.42 Å². The molecule has 6 heteroatoms. The minimum absolute atomic E-state index is 0.145. The Bertz CT molecular complexity index is 344. The zero-order chi connectivity index (χ0) is 11.3. The molecule has 0 amide bonds. The van der Waals surface area contributed by atoms with Crippen LogP contribution in [-0.4, -0.2) is 40.9 Å². The Hall–Kier alpha value is -1.30. The summed E-state index contributed by atoms with van der Waals surface area (Å²) in [5, 5.41) is 9.28. The summed E-state index contributed by atoms with van der Waals surface area (Å²) in [5.41, 5.74) is 0. The zero-order valence-electron chi connectivity index (χ0n) is 8.67. The van der Waals surface area contributed by atoms with Gasteiger partial charge in [-0.1, -0.05) is 0 Å². The number of aromatic nitrogens is 2. The lowest BCUT2D eigenvalue weighted by molar-refractivity contribution is -0.136. The number of rotatable bonds is 5. The van der Waals surface area contributed by atoms with Crippen LogP contribution >= 0.6 is 11.8 Å². The van der Waals surface area contributed by atoms with E-state index in [1.807, 2.05) is 14.1 Å². The van der Waals surface area contributed by atoms with Crippen molar-refractivity contribution < 1.29 is 9.90 Å². The van der Waals surface area contributed by atoms with Crippen LogP contribution in [0.3, 0.4) is 0 Å². The third kappa shape index (κ3) is 4.16. The topological polar surface area (TPSA) is 66.3 Å². The van der Waals surface area contributed by atoms with Crippen LogP contribution in [0.5, 0.6) is 0 Å². The molecule has 0 radical (unpaired) electrons. The molecule has 0 aliphatic rings. The van der Waals surface area contributed by atoms with Gasteiger partial charge in [-0.2, -0.15) is 0 Å². The van der Waals surface area contributed by atoms with Gasteiger partial charge in [-0.15, -0.1) is 11.8 Å². The van der Waals surface area contributed by atoms with Crippen molar-refractivity contribution in [3.05, 3.63) is 12.3 Å². The maximum atomic E-state index is 10.3. The van der Waals surface area contributed by atoms with Crippen LogP contribution in [0.1, 0.15) is 6.42 Å². The first kappa shape index (κ1) is 11.8. The molecule has 1 aromatic rings. The number of carboxylic acid groups (broad SMARTS) is 1. The average Bonchev–Trinajstić information content (AvgIpc) is 2.17. The van der Waals surface area contributed by atoms with Crippen LogP contribution in [0.15, 0.2) is 17.3 Å². The molecule has 0 aromatic carbocycles. The quantitative estimate of drug-likeness (QED) is 0.600. The van der Waals surface area contributed by atoms with Crippen LogP contribution < -0.4 is 4.90 Å². The number of anilines is 1. The Kier molecular flexibility index (Phi) is 4.36. The Morgan fingerprint density at radius 1 is 1.60 bits per heavy atom. The molecule has 5 nitrogen and oxygen atoms in total. The highest BCUT2D eigenvalue weighted by Gasteiger charge is 2.03. The minimum atomic E-state index is -0.788. The molecule has 0 bridgehead atoms. The second-order valence-electron chi connectivity index (χ2n) is 3.08. The van der Waals surface area contributed by atoms with Gasteiger partial charge in [0.15, 0.2) is 0 Å². The van der Waals surface area contributed by atoms with Crippen molar-refractivity contribution in [2.45, 2.75) is 11.4 Å². The maximum Gasteiger partial charge on any atom is 0.304 e. The Balaban J connectivity index is 2.54. The summed E-state index contributed by atoms with van der Waals surface area (Å²) < 4.78 is 0. The average molecular weight is 227 g/mol. The van der Waals surface area contributed by atoms with Gasteiger partial charge in [-0.05, 0) is 6.07 Å². The smallest absolute Gasteiger partial charge is 0.304 e. The van der Waals surface area contributed by atoms with Crippen LogP contribution in [0.25, 0.3) is 0 Å². The Labute approximate surface area is 92.5 Å². The molecule has 1 heterocycles. The molecule has 0 aliphatic heterocycles. The molecular weight excluding hydrogens is 214 g/mol. The molecule has 82 valence electrons. The minimum Gasteiger partial charge on any atom is -0.481 e. The fourth-order valence-electron chi connectivity index (χ4n) is 0.871. The van der Waals surface area contributed by atoms with Crippen LogP contribution in [0, 0.1) is 0 Å². The van der Waals surface area contributed by atoms with Gasteiger partial charge in [-0.25, -0.2) is 9.97 Å². The molecule has 1 rings (SSSR count). The zero-order valence-corrected chi connectivity index (χ0v) is 9.49. The SMILES string of the molecule is CN(C)c1nccc(SCCC(=O)O)n1. The van der Waals surface area contributed by atoms with Crippen molar-refractivity contribution in [1.29, 1.82) is 0 Å². The molecule has 0 spiro atoms. The van der Waals surface area contributed by atoms with Crippen LogP contribution in [-0.2, 0) is 4.79 Å². The van der Waals surface area contributed by atoms with E-state index < -0.39 is 5.97 Å². The standard InChI is InChI=1S/C9H13N3O2S/c1-12(2)9-10-5-3-7(11-9)15-6-4-8(13)14/h3,5H,4,6H2,1-2H3,(H,13,14). The number of carboxylic acids is 1. The second kappa shape index (κ2) is 5.55. The summed E-state index contributed by atoms with van der Waals surface area (Å²) in [6, 6.07) is 1.78. The van der Waals surface area contributed by atoms with Gasteiger partial charge in [0, 0.05) is 26.0 Å². The molecule has 0 saturated heterocycles. The van der Waals surface area contributed by atoms with Crippen molar-refractivity contribution >= 4 is 23.7 Å². The van der Waals surface area contributed by atoms with Gasteiger partial charge in [0.1, 0.15) is 5.03 Å². The largest absolute Gasteiger partial charge is 0.481 e. The highest BCUT2D eigenvalue weighted by Crippen LogP contribution is 2.17. The highest BCUT2D eigenvalue weighted by atomic mass is 32.2. The number of carbonyl (C=O) groups is 1. The van der Waals surface area contributed by atoms with E-state index >= 15 is 0 Å². The molecule has 0 unspecified atom stereocenters. The number of aliphatic carboxylic acids is 1. The Morgan fingerprint density at radius 3 is 2.93 bits per heavy atom. The van der Waals surface area contributed by atoms with E-state index in [0.29, 0.717) is 11.7 Å². The first-order valence-electron chi connectivity index (χ1n) is 4.44. The van der Waals surface area contributed by atoms with Crippen molar-refractivity contribution in [1.82, 2.24) is 9.97 Å². The van der Waals surface area contributed by atoms with E-state index in [2.05, 4.69) is 9.97 Å². The number of thioether (sulfide) groups is 1. The van der Waals surface area contributed by atoms with Gasteiger partial charge < -0.3 is 10.0 Å². The third-order valence-corrected chi connectivity index (χ3v) is 2.51. The fraction of sp³-hybridized carbons (Fsp3) is 0.444. The molecule has 0 aliphatic carbocycles. The van der Waals surface area contributed by atoms with E-state index in [4.69, 9.17) is 5.11 Å². The second-order valence-corrected chi connectivity index (χ2v) is 4.20. The van der Waals surface area contributed by atoms with Crippen LogP contribution in [0.2, 0.25) is 0 Å². The van der Waals surface area contributed by atoms with Crippen molar-refractivity contribution in [3.63, 3.8) is 0 Å². The van der Waals surface area contributed by atoms with Gasteiger partial charge in [0.2, 0.25) is 5.95 Å². The normalized spacial score (nSPS) is 10.0. The van der Waals surface area contributed by atoms with E-state index in [-0.39, 0.29) is 6.42 Å². The predicted molar refractivity (Wildman–Crippen MR) is 59.3 cm³/mol. The fourth-order valence-corrected chi connectivity index (χ4v) is 1.66. The monoisotopic (exact) mass is 227 g/mol. The lowest BCUT2D eigenvalue weighted by atomic mass is 10.5. The van der Waals surface area contributed by atoms with Crippen molar-refractivity contribution in [2.24, 2.45) is 0 Å². The number of nitrogens with zero attached hydrogens (tertiary/aromatic N) is 3. The number of hydrogen-bond acceptors (Lipinski definition) is 5. The molecular formula is C9H13N3O2S. The summed E-state index contributed by atoms with van der Waals surface area (Å²) in [5.74, 6) is 0.374. The first-order valence-corrected chi connectivity index (χ1v) is 5.43. The molecule has 0 atom stereocenters. The van der Waals surface area contributed by atoms with Crippen molar-refractivity contribution in [2.75, 3.05) is 24.7 Å². The summed E-state index contributed by atoms with van der Waals surface area (Å²) in [4.78, 5) is 20.4. The van der Waals surface area contributed by atoms with Crippen molar-refractivity contribution in [3.8, 4) is 0 Å². The third-order valence-electron chi connectivity index (χ3n) is 1.58. The lowest BCUT2D eigenvalue weighted by Crippen LogP contribution is -2.12. The van der Waals surface area contributed by atoms with E-state index in [9.17, 15) is 4.79 Å². The van der Waals surface area contributed by atoms with Gasteiger partial charge in [-0.3, -0.25) is 4.79 Å². The molecule has 0 saturated carbocycles. The van der Waals surface area contributed by atoms with E-state index in [1.165, 1.54) is 11.8 Å². The summed E-state index contributed by atoms with van der Waals surface area (Å²) in [6.07, 6.45) is 1.82. The van der Waals surface area contributed by atoms with E-state index in [0.717, 1.165) is 5.03 Å². The van der Waals surface area contributed by atoms with Crippen LogP contribution in [0.4, 0.5) is 5.95 Å². The molecule has 1 aromatic heterocycles. The highest BCUT2D eigenvalue weighted by molar-refractivity contribution is 7.99.